The summed E-state index contributed by atoms with van der Waals surface area (Å²) in [6.45, 7) is 4.68. The van der Waals surface area contributed by atoms with Gasteiger partial charge in [0.05, 0.1) is 12.0 Å². The Morgan fingerprint density at radius 3 is 2.20 bits per heavy atom. The van der Waals surface area contributed by atoms with E-state index in [-0.39, 0.29) is 10.8 Å². The molecule has 2 heterocycles. The number of aryl methyl sites for hydroxylation is 1. The van der Waals surface area contributed by atoms with Crippen LogP contribution in [-0.2, 0) is 14.8 Å². The van der Waals surface area contributed by atoms with E-state index in [1.54, 1.807) is 34.5 Å². The Kier molecular flexibility index (Phi) is 5.71. The van der Waals surface area contributed by atoms with Gasteiger partial charge in [-0.1, -0.05) is 0 Å². The summed E-state index contributed by atoms with van der Waals surface area (Å²) in [5, 5.41) is 0. The van der Waals surface area contributed by atoms with Gasteiger partial charge in [0.15, 0.2) is 0 Å². The van der Waals surface area contributed by atoms with Crippen LogP contribution in [0.3, 0.4) is 0 Å². The number of ether oxygens (including phenoxy) is 1. The van der Waals surface area contributed by atoms with Gasteiger partial charge in [0.1, 0.15) is 5.75 Å². The van der Waals surface area contributed by atoms with Gasteiger partial charge in [-0.3, -0.25) is 4.79 Å². The highest BCUT2D eigenvalue weighted by molar-refractivity contribution is 7.89. The molecule has 0 spiro atoms. The van der Waals surface area contributed by atoms with Crippen molar-refractivity contribution in [2.75, 3.05) is 49.6 Å². The normalized spacial score (nSPS) is 18.1. The van der Waals surface area contributed by atoms with Crippen molar-refractivity contribution in [3.63, 3.8) is 0 Å². The van der Waals surface area contributed by atoms with Crippen molar-refractivity contribution in [3.8, 4) is 5.75 Å². The molecule has 160 valence electrons. The molecule has 7 nitrogen and oxygen atoms in total. The highest BCUT2D eigenvalue weighted by Crippen LogP contribution is 2.29. The standard InChI is InChI=1S/C22H27N3O4S/c1-17-16-20(9-10-21(17)25-11-3-4-22(25)26)30(27,28)24-14-12-23(13-15-24)18-5-7-19(29-2)8-6-18/h5-10,16H,3-4,11-15H2,1-2H3. The molecule has 2 fully saturated rings. The molecule has 0 saturated carbocycles. The quantitative estimate of drug-likeness (QED) is 0.731. The molecule has 0 N–H and O–H groups in total. The first-order valence-corrected chi connectivity index (χ1v) is 11.6. The fraction of sp³-hybridized carbons (Fsp3) is 0.409. The minimum atomic E-state index is -3.57. The number of sulfonamides is 1. The lowest BCUT2D eigenvalue weighted by Gasteiger charge is -2.35. The van der Waals surface area contributed by atoms with Crippen molar-refractivity contribution in [3.05, 3.63) is 48.0 Å². The molecule has 0 aromatic heterocycles. The Bertz CT molecular complexity index is 1030. The molecule has 30 heavy (non-hydrogen) atoms. The second-order valence-corrected chi connectivity index (χ2v) is 9.62. The van der Waals surface area contributed by atoms with E-state index in [2.05, 4.69) is 4.90 Å². The molecular weight excluding hydrogens is 402 g/mol. The molecule has 0 bridgehead atoms. The van der Waals surface area contributed by atoms with Crippen LogP contribution < -0.4 is 14.5 Å². The number of amides is 1. The van der Waals surface area contributed by atoms with Gasteiger partial charge in [0.2, 0.25) is 15.9 Å². The number of piperazine rings is 1. The molecular formula is C22H27N3O4S. The van der Waals surface area contributed by atoms with Gasteiger partial charge in [-0.25, -0.2) is 8.42 Å². The van der Waals surface area contributed by atoms with Gasteiger partial charge in [-0.15, -0.1) is 0 Å². The number of carbonyl (C=O) groups excluding carboxylic acids is 1. The van der Waals surface area contributed by atoms with Gasteiger partial charge < -0.3 is 14.5 Å². The number of carbonyl (C=O) groups is 1. The zero-order valence-electron chi connectivity index (χ0n) is 17.4. The molecule has 1 amide bonds. The van der Waals surface area contributed by atoms with Gasteiger partial charge in [-0.2, -0.15) is 4.31 Å². The molecule has 0 aliphatic carbocycles. The fourth-order valence-electron chi connectivity index (χ4n) is 4.12. The Balaban J connectivity index is 1.46. The van der Waals surface area contributed by atoms with Crippen LogP contribution in [0, 0.1) is 6.92 Å². The zero-order chi connectivity index (χ0) is 21.3. The lowest BCUT2D eigenvalue weighted by Crippen LogP contribution is -2.48. The number of hydrogen-bond acceptors (Lipinski definition) is 5. The highest BCUT2D eigenvalue weighted by atomic mass is 32.2. The second-order valence-electron chi connectivity index (χ2n) is 7.69. The maximum atomic E-state index is 13.2. The monoisotopic (exact) mass is 429 g/mol. The van der Waals surface area contributed by atoms with Crippen molar-refractivity contribution >= 4 is 27.3 Å². The van der Waals surface area contributed by atoms with Crippen LogP contribution in [0.4, 0.5) is 11.4 Å². The Labute approximate surface area is 177 Å². The predicted molar refractivity (Wildman–Crippen MR) is 117 cm³/mol. The molecule has 2 saturated heterocycles. The summed E-state index contributed by atoms with van der Waals surface area (Å²) in [6.07, 6.45) is 1.40. The summed E-state index contributed by atoms with van der Waals surface area (Å²) in [5.74, 6) is 0.901. The number of methoxy groups -OCH3 is 1. The van der Waals surface area contributed by atoms with Crippen LogP contribution in [0.15, 0.2) is 47.4 Å². The van der Waals surface area contributed by atoms with Gasteiger partial charge in [-0.05, 0) is 61.4 Å². The third-order valence-electron chi connectivity index (χ3n) is 5.85. The van der Waals surface area contributed by atoms with Crippen LogP contribution >= 0.6 is 0 Å². The molecule has 0 unspecified atom stereocenters. The van der Waals surface area contributed by atoms with E-state index in [9.17, 15) is 13.2 Å². The summed E-state index contributed by atoms with van der Waals surface area (Å²) < 4.78 is 33.1. The third kappa shape index (κ3) is 3.89. The second kappa shape index (κ2) is 8.28. The average Bonchev–Trinajstić information content (AvgIpc) is 3.19. The lowest BCUT2D eigenvalue weighted by atomic mass is 10.2. The topological polar surface area (TPSA) is 70.2 Å². The summed E-state index contributed by atoms with van der Waals surface area (Å²) in [4.78, 5) is 16.2. The van der Waals surface area contributed by atoms with Gasteiger partial charge >= 0.3 is 0 Å². The van der Waals surface area contributed by atoms with Crippen molar-refractivity contribution in [1.29, 1.82) is 0 Å². The fourth-order valence-corrected chi connectivity index (χ4v) is 5.63. The van der Waals surface area contributed by atoms with E-state index in [0.717, 1.165) is 29.1 Å². The smallest absolute Gasteiger partial charge is 0.243 e. The van der Waals surface area contributed by atoms with E-state index >= 15 is 0 Å². The molecule has 8 heteroatoms. The van der Waals surface area contributed by atoms with Crippen LogP contribution in [0.1, 0.15) is 18.4 Å². The maximum Gasteiger partial charge on any atom is 0.243 e. The number of hydrogen-bond donors (Lipinski definition) is 0. The van der Waals surface area contributed by atoms with Crippen molar-refractivity contribution in [1.82, 2.24) is 4.31 Å². The van der Waals surface area contributed by atoms with Crippen LogP contribution in [0.2, 0.25) is 0 Å². The van der Waals surface area contributed by atoms with Crippen molar-refractivity contribution < 1.29 is 17.9 Å². The minimum Gasteiger partial charge on any atom is -0.497 e. The lowest BCUT2D eigenvalue weighted by molar-refractivity contribution is -0.117. The zero-order valence-corrected chi connectivity index (χ0v) is 18.2. The van der Waals surface area contributed by atoms with Gasteiger partial charge in [0.25, 0.3) is 0 Å². The van der Waals surface area contributed by atoms with E-state index in [4.69, 9.17) is 4.74 Å². The Morgan fingerprint density at radius 1 is 0.933 bits per heavy atom. The average molecular weight is 430 g/mol. The van der Waals surface area contributed by atoms with E-state index in [1.807, 2.05) is 31.2 Å². The number of anilines is 2. The Morgan fingerprint density at radius 2 is 1.63 bits per heavy atom. The predicted octanol–water partition coefficient (Wildman–Crippen LogP) is 2.64. The van der Waals surface area contributed by atoms with Crippen LogP contribution in [0.5, 0.6) is 5.75 Å². The molecule has 2 aromatic rings. The first-order chi connectivity index (χ1) is 14.4. The van der Waals surface area contributed by atoms with Crippen LogP contribution in [-0.4, -0.2) is 58.5 Å². The molecule has 4 rings (SSSR count). The van der Waals surface area contributed by atoms with E-state index in [1.165, 1.54) is 0 Å². The maximum absolute atomic E-state index is 13.2. The minimum absolute atomic E-state index is 0.100. The highest BCUT2D eigenvalue weighted by Gasteiger charge is 2.30. The first-order valence-electron chi connectivity index (χ1n) is 10.2. The molecule has 2 aromatic carbocycles. The molecule has 0 atom stereocenters. The SMILES string of the molecule is COc1ccc(N2CCN(S(=O)(=O)c3ccc(N4CCCC4=O)c(C)c3)CC2)cc1. The molecule has 2 aliphatic rings. The summed E-state index contributed by atoms with van der Waals surface area (Å²) >= 11 is 0. The largest absolute Gasteiger partial charge is 0.497 e. The van der Waals surface area contributed by atoms with Crippen molar-refractivity contribution in [2.24, 2.45) is 0 Å². The summed E-state index contributed by atoms with van der Waals surface area (Å²) in [5.41, 5.74) is 2.67. The van der Waals surface area contributed by atoms with E-state index in [0.29, 0.717) is 39.1 Å². The van der Waals surface area contributed by atoms with Gasteiger partial charge in [0, 0.05) is 50.5 Å². The molecule has 0 radical (unpaired) electrons. The summed E-state index contributed by atoms with van der Waals surface area (Å²) in [6, 6.07) is 12.9. The number of benzene rings is 2. The Hall–Kier alpha value is -2.58. The van der Waals surface area contributed by atoms with Crippen LogP contribution in [0.25, 0.3) is 0 Å². The number of nitrogens with zero attached hydrogens (tertiary/aromatic N) is 3. The van der Waals surface area contributed by atoms with Crippen molar-refractivity contribution in [2.45, 2.75) is 24.7 Å². The summed E-state index contributed by atoms with van der Waals surface area (Å²) in [7, 11) is -1.94. The van der Waals surface area contributed by atoms with E-state index < -0.39 is 10.0 Å². The third-order valence-corrected chi connectivity index (χ3v) is 7.74. The number of rotatable bonds is 5. The first kappa shape index (κ1) is 20.7. The molecule has 2 aliphatic heterocycles.